The zero-order valence-electron chi connectivity index (χ0n) is 26.0. The lowest BCUT2D eigenvalue weighted by Crippen LogP contribution is -2.26. The van der Waals surface area contributed by atoms with E-state index >= 15 is 0 Å². The van der Waals surface area contributed by atoms with Crippen molar-refractivity contribution in [2.24, 2.45) is 0 Å². The van der Waals surface area contributed by atoms with Crippen LogP contribution in [0.4, 0.5) is 0 Å². The Hall–Kier alpha value is -4.18. The largest absolute Gasteiger partial charge is 0.479 e. The van der Waals surface area contributed by atoms with Crippen molar-refractivity contribution in [3.8, 4) is 23.7 Å². The SMILES string of the molecule is CCOC(Cc1ccc(SC/C=C/C#Cc2ccc(C#C/C=C/CSc3ccc(CC(OCC)C(=O)O)cc3)cc2)cc1)C(=O)O. The molecule has 0 saturated carbocycles. The maximum absolute atomic E-state index is 11.3. The van der Waals surface area contributed by atoms with Gasteiger partial charge in [0.2, 0.25) is 0 Å². The van der Waals surface area contributed by atoms with Crippen molar-refractivity contribution >= 4 is 35.5 Å². The van der Waals surface area contributed by atoms with Gasteiger partial charge in [-0.3, -0.25) is 0 Å². The van der Waals surface area contributed by atoms with Gasteiger partial charge in [0.05, 0.1) is 0 Å². The highest BCUT2D eigenvalue weighted by Crippen LogP contribution is 2.20. The van der Waals surface area contributed by atoms with Crippen LogP contribution < -0.4 is 0 Å². The summed E-state index contributed by atoms with van der Waals surface area (Å²) in [7, 11) is 0. The first-order valence-corrected chi connectivity index (χ1v) is 16.9. The Morgan fingerprint density at radius 3 is 1.35 bits per heavy atom. The first-order valence-electron chi connectivity index (χ1n) is 14.9. The third kappa shape index (κ3) is 13.9. The standard InChI is InChI=1S/C38H38O6S2/c1-3-43-35(37(39)40)27-31-17-21-33(22-18-31)45-25-9-5-7-11-29-13-15-30(16-14-29)12-8-6-10-26-46-34-23-19-32(20-24-34)28-36(38(41)42)44-4-2/h5-6,9-10,13-24,35-36H,3-4,25-28H2,1-2H3,(H,39,40)(H,41,42)/b9-5+,10-6+. The van der Waals surface area contributed by atoms with Crippen molar-refractivity contribution in [1.82, 2.24) is 0 Å². The summed E-state index contributed by atoms with van der Waals surface area (Å²) in [6.07, 6.45) is 6.79. The number of hydrogen-bond acceptors (Lipinski definition) is 6. The van der Waals surface area contributed by atoms with Gasteiger partial charge in [0.1, 0.15) is 0 Å². The van der Waals surface area contributed by atoms with Crippen LogP contribution in [0.15, 0.2) is 107 Å². The lowest BCUT2D eigenvalue weighted by Gasteiger charge is -2.12. The van der Waals surface area contributed by atoms with Gasteiger partial charge in [0.25, 0.3) is 0 Å². The minimum absolute atomic E-state index is 0.349. The summed E-state index contributed by atoms with van der Waals surface area (Å²) in [5, 5.41) is 18.5. The van der Waals surface area contributed by atoms with E-state index < -0.39 is 24.1 Å². The van der Waals surface area contributed by atoms with Crippen LogP contribution in [-0.2, 0) is 31.9 Å². The van der Waals surface area contributed by atoms with E-state index in [1.54, 1.807) is 37.4 Å². The smallest absolute Gasteiger partial charge is 0.333 e. The molecular weight excluding hydrogens is 617 g/mol. The normalized spacial score (nSPS) is 12.2. The molecule has 3 rings (SSSR count). The van der Waals surface area contributed by atoms with E-state index in [0.29, 0.717) is 26.1 Å². The number of ether oxygens (including phenoxy) is 2. The Kier molecular flexibility index (Phi) is 16.4. The number of thioether (sulfide) groups is 2. The number of carbonyl (C=O) groups is 2. The molecule has 0 aromatic heterocycles. The predicted molar refractivity (Wildman–Crippen MR) is 186 cm³/mol. The van der Waals surface area contributed by atoms with Crippen LogP contribution in [0.3, 0.4) is 0 Å². The number of carboxylic acids is 2. The van der Waals surface area contributed by atoms with Crippen molar-refractivity contribution < 1.29 is 29.3 Å². The zero-order valence-corrected chi connectivity index (χ0v) is 27.6. The van der Waals surface area contributed by atoms with Crippen molar-refractivity contribution in [3.05, 3.63) is 119 Å². The topological polar surface area (TPSA) is 93.1 Å². The summed E-state index contributed by atoms with van der Waals surface area (Å²) < 4.78 is 10.6. The molecule has 6 nitrogen and oxygen atoms in total. The van der Waals surface area contributed by atoms with Gasteiger partial charge in [-0.1, -0.05) is 60.1 Å². The van der Waals surface area contributed by atoms with E-state index in [1.165, 1.54) is 0 Å². The van der Waals surface area contributed by atoms with E-state index in [1.807, 2.05) is 97.1 Å². The molecule has 0 spiro atoms. The van der Waals surface area contributed by atoms with Gasteiger partial charge in [-0.15, -0.1) is 23.5 Å². The molecule has 0 aliphatic heterocycles. The minimum atomic E-state index is -0.943. The highest BCUT2D eigenvalue weighted by molar-refractivity contribution is 7.99. The summed E-state index contributed by atoms with van der Waals surface area (Å²) in [6, 6.07) is 23.6. The third-order valence-electron chi connectivity index (χ3n) is 6.39. The summed E-state index contributed by atoms with van der Waals surface area (Å²) in [5.74, 6) is 12.1. The number of benzene rings is 3. The molecule has 0 radical (unpaired) electrons. The fourth-order valence-electron chi connectivity index (χ4n) is 4.10. The summed E-state index contributed by atoms with van der Waals surface area (Å²) in [5.41, 5.74) is 3.70. The molecule has 3 aromatic rings. The molecule has 0 bridgehead atoms. The quantitative estimate of drug-likeness (QED) is 0.124. The molecule has 0 aliphatic carbocycles. The molecule has 0 saturated heterocycles. The van der Waals surface area contributed by atoms with Gasteiger partial charge in [0.15, 0.2) is 12.2 Å². The lowest BCUT2D eigenvalue weighted by atomic mass is 10.1. The highest BCUT2D eigenvalue weighted by Gasteiger charge is 2.18. The molecule has 2 N–H and O–H groups in total. The maximum Gasteiger partial charge on any atom is 0.333 e. The van der Waals surface area contributed by atoms with Gasteiger partial charge >= 0.3 is 11.9 Å². The van der Waals surface area contributed by atoms with Gasteiger partial charge in [-0.2, -0.15) is 0 Å². The fraction of sp³-hybridized carbons (Fsp3) is 0.263. The van der Waals surface area contributed by atoms with Crippen molar-refractivity contribution in [1.29, 1.82) is 0 Å². The van der Waals surface area contributed by atoms with Gasteiger partial charge in [-0.25, -0.2) is 9.59 Å². The van der Waals surface area contributed by atoms with Crippen LogP contribution in [0, 0.1) is 23.7 Å². The Morgan fingerprint density at radius 2 is 1.02 bits per heavy atom. The van der Waals surface area contributed by atoms with Gasteiger partial charge in [-0.05, 0) is 85.7 Å². The Bertz CT molecular complexity index is 1450. The fourth-order valence-corrected chi connectivity index (χ4v) is 5.53. The molecular formula is C38H38O6S2. The van der Waals surface area contributed by atoms with Crippen molar-refractivity contribution in [2.75, 3.05) is 24.7 Å². The summed E-state index contributed by atoms with van der Waals surface area (Å²) in [6.45, 7) is 4.33. The van der Waals surface area contributed by atoms with E-state index in [4.69, 9.17) is 9.47 Å². The Balaban J connectivity index is 1.36. The second-order valence-electron chi connectivity index (χ2n) is 9.80. The second kappa shape index (κ2) is 20.8. The third-order valence-corrected chi connectivity index (χ3v) is 8.32. The molecule has 2 unspecified atom stereocenters. The molecule has 3 aromatic carbocycles. The van der Waals surface area contributed by atoms with Crippen LogP contribution in [0.5, 0.6) is 0 Å². The molecule has 0 heterocycles. The second-order valence-corrected chi connectivity index (χ2v) is 12.0. The number of aliphatic carboxylic acids is 2. The summed E-state index contributed by atoms with van der Waals surface area (Å²) in [4.78, 5) is 24.8. The van der Waals surface area contributed by atoms with E-state index in [-0.39, 0.29) is 0 Å². The summed E-state index contributed by atoms with van der Waals surface area (Å²) >= 11 is 3.37. The monoisotopic (exact) mass is 654 g/mol. The Morgan fingerprint density at radius 1 is 0.652 bits per heavy atom. The van der Waals surface area contributed by atoms with Crippen LogP contribution in [0.25, 0.3) is 0 Å². The average molecular weight is 655 g/mol. The van der Waals surface area contributed by atoms with Crippen LogP contribution in [0.2, 0.25) is 0 Å². The van der Waals surface area contributed by atoms with E-state index in [2.05, 4.69) is 23.7 Å². The molecule has 0 aliphatic rings. The first kappa shape index (κ1) is 36.3. The number of allylic oxidation sites excluding steroid dienone is 2. The predicted octanol–water partition coefficient (Wildman–Crippen LogP) is 7.15. The van der Waals surface area contributed by atoms with E-state index in [0.717, 1.165) is 43.6 Å². The molecule has 46 heavy (non-hydrogen) atoms. The van der Waals surface area contributed by atoms with E-state index in [9.17, 15) is 19.8 Å². The van der Waals surface area contributed by atoms with Gasteiger partial charge < -0.3 is 19.7 Å². The molecule has 2 atom stereocenters. The van der Waals surface area contributed by atoms with Crippen molar-refractivity contribution in [2.45, 2.75) is 48.7 Å². The number of rotatable bonds is 16. The molecule has 8 heteroatoms. The Labute approximate surface area is 280 Å². The average Bonchev–Trinajstić information content (AvgIpc) is 3.05. The number of hydrogen-bond donors (Lipinski definition) is 2. The van der Waals surface area contributed by atoms with Gasteiger partial charge in [0, 0.05) is 58.5 Å². The van der Waals surface area contributed by atoms with Crippen LogP contribution in [0.1, 0.15) is 36.1 Å². The van der Waals surface area contributed by atoms with Crippen LogP contribution >= 0.6 is 23.5 Å². The minimum Gasteiger partial charge on any atom is -0.479 e. The number of carboxylic acid groups (broad SMARTS) is 2. The van der Waals surface area contributed by atoms with Crippen LogP contribution in [-0.4, -0.2) is 59.1 Å². The zero-order chi connectivity index (χ0) is 33.0. The molecule has 0 fully saturated rings. The maximum atomic E-state index is 11.3. The lowest BCUT2D eigenvalue weighted by molar-refractivity contribution is -0.150. The first-order chi connectivity index (χ1) is 22.4. The molecule has 0 amide bonds. The van der Waals surface area contributed by atoms with Crippen molar-refractivity contribution in [3.63, 3.8) is 0 Å². The molecule has 238 valence electrons. The highest BCUT2D eigenvalue weighted by atomic mass is 32.2.